The quantitative estimate of drug-likeness (QED) is 0.692. The van der Waals surface area contributed by atoms with Gasteiger partial charge in [-0.15, -0.1) is 0 Å². The van der Waals surface area contributed by atoms with Gasteiger partial charge in [0.2, 0.25) is 0 Å². The molecule has 0 fully saturated rings. The van der Waals surface area contributed by atoms with Gasteiger partial charge in [-0.25, -0.2) is 4.98 Å². The summed E-state index contributed by atoms with van der Waals surface area (Å²) in [6.45, 7) is 1.92. The second kappa shape index (κ2) is 3.59. The fourth-order valence-electron chi connectivity index (χ4n) is 2.02. The minimum absolute atomic E-state index is 0.207. The normalized spacial score (nSPS) is 10.9. The maximum Gasteiger partial charge on any atom is 0.143 e. The molecule has 0 spiro atoms. The Morgan fingerprint density at radius 2 is 1.88 bits per heavy atom. The molecule has 0 unspecified atom stereocenters. The number of pyridine rings is 1. The molecule has 4 nitrogen and oxygen atoms in total. The maximum absolute atomic E-state index is 9.77. The third-order valence-corrected chi connectivity index (χ3v) is 2.75. The van der Waals surface area contributed by atoms with Crippen LogP contribution in [0.3, 0.4) is 0 Å². The second-order valence-corrected chi connectivity index (χ2v) is 3.84. The largest absolute Gasteiger partial charge is 0.506 e. The zero-order valence-electron chi connectivity index (χ0n) is 9.33. The first kappa shape index (κ1) is 9.84. The van der Waals surface area contributed by atoms with Crippen LogP contribution in [0.25, 0.3) is 16.7 Å². The predicted octanol–water partition coefficient (Wildman–Crippen LogP) is 2.43. The third-order valence-electron chi connectivity index (χ3n) is 2.75. The molecule has 0 saturated heterocycles. The first-order chi connectivity index (χ1) is 8.27. The van der Waals surface area contributed by atoms with Crippen molar-refractivity contribution in [2.24, 2.45) is 0 Å². The number of aromatic nitrogens is 3. The molecule has 4 heteroatoms. The van der Waals surface area contributed by atoms with E-state index in [1.54, 1.807) is 18.5 Å². The number of hydrogen-bond acceptors (Lipinski definition) is 3. The van der Waals surface area contributed by atoms with Crippen LogP contribution >= 0.6 is 0 Å². The second-order valence-electron chi connectivity index (χ2n) is 3.84. The summed E-state index contributed by atoms with van der Waals surface area (Å²) in [5, 5.41) is 9.77. The summed E-state index contributed by atoms with van der Waals surface area (Å²) in [6, 6.07) is 9.23. The van der Waals surface area contributed by atoms with Crippen molar-refractivity contribution in [1.82, 2.24) is 14.5 Å². The number of aryl methyl sites for hydroxylation is 1. The van der Waals surface area contributed by atoms with Crippen LogP contribution in [0, 0.1) is 6.92 Å². The zero-order valence-corrected chi connectivity index (χ0v) is 9.33. The van der Waals surface area contributed by atoms with Crippen molar-refractivity contribution in [2.75, 3.05) is 0 Å². The Morgan fingerprint density at radius 1 is 1.12 bits per heavy atom. The molecule has 17 heavy (non-hydrogen) atoms. The monoisotopic (exact) mass is 225 g/mol. The van der Waals surface area contributed by atoms with Crippen molar-refractivity contribution in [3.8, 4) is 11.4 Å². The number of aromatic hydroxyl groups is 1. The highest BCUT2D eigenvalue weighted by Crippen LogP contribution is 2.26. The van der Waals surface area contributed by atoms with Crippen molar-refractivity contribution < 1.29 is 5.11 Å². The van der Waals surface area contributed by atoms with Crippen LogP contribution in [0.4, 0.5) is 0 Å². The van der Waals surface area contributed by atoms with Crippen molar-refractivity contribution in [2.45, 2.75) is 6.92 Å². The lowest BCUT2D eigenvalue weighted by atomic mass is 10.3. The molecule has 2 heterocycles. The number of hydrogen-bond donors (Lipinski definition) is 1. The smallest absolute Gasteiger partial charge is 0.143 e. The van der Waals surface area contributed by atoms with Gasteiger partial charge in [-0.05, 0) is 31.2 Å². The van der Waals surface area contributed by atoms with E-state index in [0.717, 1.165) is 17.0 Å². The summed E-state index contributed by atoms with van der Waals surface area (Å²) in [6.07, 6.45) is 3.48. The van der Waals surface area contributed by atoms with Gasteiger partial charge in [0.05, 0.1) is 11.2 Å². The first-order valence-corrected chi connectivity index (χ1v) is 5.35. The van der Waals surface area contributed by atoms with Gasteiger partial charge < -0.3 is 5.11 Å². The number of phenols is 1. The summed E-state index contributed by atoms with van der Waals surface area (Å²) >= 11 is 0. The predicted molar refractivity (Wildman–Crippen MR) is 65.3 cm³/mol. The van der Waals surface area contributed by atoms with E-state index in [9.17, 15) is 5.11 Å². The average Bonchev–Trinajstić information content (AvgIpc) is 2.68. The molecular formula is C13H11N3O. The standard InChI is InChI=1S/C13H11N3O/c1-9-15-13-11(3-2-4-12(13)17)16(9)10-5-7-14-8-6-10/h2-8,17H,1H3. The summed E-state index contributed by atoms with van der Waals surface area (Å²) in [5.74, 6) is 1.05. The number of para-hydroxylation sites is 1. The average molecular weight is 225 g/mol. The molecule has 1 N–H and O–H groups in total. The fraction of sp³-hybridized carbons (Fsp3) is 0.0769. The first-order valence-electron chi connectivity index (χ1n) is 5.35. The van der Waals surface area contributed by atoms with E-state index in [1.807, 2.05) is 35.8 Å². The Bertz CT molecular complexity index is 674. The molecule has 3 aromatic rings. The van der Waals surface area contributed by atoms with Crippen LogP contribution in [0.1, 0.15) is 5.82 Å². The van der Waals surface area contributed by atoms with Gasteiger partial charge in [0.15, 0.2) is 0 Å². The highest BCUT2D eigenvalue weighted by Gasteiger charge is 2.11. The van der Waals surface area contributed by atoms with Gasteiger partial charge in [-0.2, -0.15) is 0 Å². The van der Waals surface area contributed by atoms with Gasteiger partial charge >= 0.3 is 0 Å². The number of nitrogens with zero attached hydrogens (tertiary/aromatic N) is 3. The highest BCUT2D eigenvalue weighted by molar-refractivity contribution is 5.83. The van der Waals surface area contributed by atoms with Crippen LogP contribution in [-0.2, 0) is 0 Å². The molecular weight excluding hydrogens is 214 g/mol. The van der Waals surface area contributed by atoms with Gasteiger partial charge in [-0.3, -0.25) is 9.55 Å². The van der Waals surface area contributed by atoms with Crippen LogP contribution in [0.15, 0.2) is 42.7 Å². The van der Waals surface area contributed by atoms with Gasteiger partial charge in [0.1, 0.15) is 17.1 Å². The Labute approximate surface area is 98.2 Å². The summed E-state index contributed by atoms with van der Waals surface area (Å²) in [5.41, 5.74) is 2.51. The molecule has 3 rings (SSSR count). The number of imidazole rings is 1. The molecule has 84 valence electrons. The van der Waals surface area contributed by atoms with E-state index in [-0.39, 0.29) is 5.75 Å². The van der Waals surface area contributed by atoms with E-state index < -0.39 is 0 Å². The van der Waals surface area contributed by atoms with E-state index in [0.29, 0.717) is 5.52 Å². The van der Waals surface area contributed by atoms with Crippen LogP contribution in [-0.4, -0.2) is 19.6 Å². The summed E-state index contributed by atoms with van der Waals surface area (Å²) in [4.78, 5) is 8.38. The minimum Gasteiger partial charge on any atom is -0.506 e. The zero-order chi connectivity index (χ0) is 11.8. The molecule has 0 atom stereocenters. The van der Waals surface area contributed by atoms with E-state index in [4.69, 9.17) is 0 Å². The Balaban J connectivity index is 2.37. The number of rotatable bonds is 1. The molecule has 0 aliphatic heterocycles. The van der Waals surface area contributed by atoms with Gasteiger partial charge in [0, 0.05) is 12.4 Å². The Kier molecular flexibility index (Phi) is 2.08. The summed E-state index contributed by atoms with van der Waals surface area (Å²) < 4.78 is 2.00. The molecule has 2 aromatic heterocycles. The lowest BCUT2D eigenvalue weighted by Crippen LogP contribution is -1.96. The molecule has 0 radical (unpaired) electrons. The van der Waals surface area contributed by atoms with Crippen LogP contribution in [0.5, 0.6) is 5.75 Å². The molecule has 0 amide bonds. The SMILES string of the molecule is Cc1nc2c(O)cccc2n1-c1ccncc1. The van der Waals surface area contributed by atoms with Crippen LogP contribution in [0.2, 0.25) is 0 Å². The maximum atomic E-state index is 9.77. The molecule has 0 aliphatic carbocycles. The highest BCUT2D eigenvalue weighted by atomic mass is 16.3. The minimum atomic E-state index is 0.207. The van der Waals surface area contributed by atoms with Crippen molar-refractivity contribution >= 4 is 11.0 Å². The van der Waals surface area contributed by atoms with Crippen molar-refractivity contribution in [3.05, 3.63) is 48.5 Å². The fourth-order valence-corrected chi connectivity index (χ4v) is 2.02. The van der Waals surface area contributed by atoms with E-state index >= 15 is 0 Å². The molecule has 0 saturated carbocycles. The molecule has 1 aromatic carbocycles. The van der Waals surface area contributed by atoms with Gasteiger partial charge in [-0.1, -0.05) is 6.07 Å². The van der Waals surface area contributed by atoms with Crippen molar-refractivity contribution in [3.63, 3.8) is 0 Å². The van der Waals surface area contributed by atoms with E-state index in [2.05, 4.69) is 9.97 Å². The third kappa shape index (κ3) is 1.45. The Morgan fingerprint density at radius 3 is 2.65 bits per heavy atom. The lowest BCUT2D eigenvalue weighted by Gasteiger charge is -2.05. The topological polar surface area (TPSA) is 50.9 Å². The Hall–Kier alpha value is -2.36. The number of benzene rings is 1. The van der Waals surface area contributed by atoms with Crippen molar-refractivity contribution in [1.29, 1.82) is 0 Å². The lowest BCUT2D eigenvalue weighted by molar-refractivity contribution is 0.480. The molecule has 0 aliphatic rings. The van der Waals surface area contributed by atoms with E-state index in [1.165, 1.54) is 0 Å². The van der Waals surface area contributed by atoms with Gasteiger partial charge in [0.25, 0.3) is 0 Å². The number of phenolic OH excluding ortho intramolecular Hbond substituents is 1. The van der Waals surface area contributed by atoms with Crippen LogP contribution < -0.4 is 0 Å². The summed E-state index contributed by atoms with van der Waals surface area (Å²) in [7, 11) is 0. The molecule has 0 bridgehead atoms. The number of fused-ring (bicyclic) bond motifs is 1.